The third-order valence-corrected chi connectivity index (χ3v) is 6.14. The minimum Gasteiger partial charge on any atom is -0.339 e. The Kier molecular flexibility index (Phi) is 5.58. The van der Waals surface area contributed by atoms with E-state index in [9.17, 15) is 4.79 Å². The van der Waals surface area contributed by atoms with Gasteiger partial charge in [-0.1, -0.05) is 29.4 Å². The van der Waals surface area contributed by atoms with Crippen molar-refractivity contribution < 1.29 is 9.32 Å². The molecule has 3 heterocycles. The molecule has 6 heteroatoms. The highest BCUT2D eigenvalue weighted by atomic mass is 16.5. The SMILES string of the molecule is Cc1ccccc1-c1noc(CC2CCCN(C(=O)c3ccc(-n4cccc4)cc3)C2)n1. The molecular formula is C26H26N4O2. The second-order valence-corrected chi connectivity index (χ2v) is 8.43. The molecule has 0 aliphatic carbocycles. The summed E-state index contributed by atoms with van der Waals surface area (Å²) in [5, 5.41) is 4.18. The Labute approximate surface area is 187 Å². The van der Waals surface area contributed by atoms with E-state index in [4.69, 9.17) is 4.52 Å². The topological polar surface area (TPSA) is 64.2 Å². The predicted molar refractivity (Wildman–Crippen MR) is 123 cm³/mol. The molecule has 0 radical (unpaired) electrons. The number of aryl methyl sites for hydroxylation is 1. The Balaban J connectivity index is 1.24. The van der Waals surface area contributed by atoms with Crippen LogP contribution < -0.4 is 0 Å². The van der Waals surface area contributed by atoms with Crippen LogP contribution in [0.1, 0.15) is 34.7 Å². The minimum atomic E-state index is 0.0832. The number of hydrogen-bond acceptors (Lipinski definition) is 4. The number of piperidine rings is 1. The van der Waals surface area contributed by atoms with Crippen LogP contribution in [-0.4, -0.2) is 38.6 Å². The summed E-state index contributed by atoms with van der Waals surface area (Å²) in [5.74, 6) is 1.67. The van der Waals surface area contributed by atoms with Crippen LogP contribution >= 0.6 is 0 Å². The molecule has 1 unspecified atom stereocenters. The van der Waals surface area contributed by atoms with Crippen molar-refractivity contribution in [1.29, 1.82) is 0 Å². The van der Waals surface area contributed by atoms with Crippen LogP contribution in [0.3, 0.4) is 0 Å². The lowest BCUT2D eigenvalue weighted by Crippen LogP contribution is -2.40. The lowest BCUT2D eigenvalue weighted by molar-refractivity contribution is 0.0668. The fraction of sp³-hybridized carbons (Fsp3) is 0.269. The Morgan fingerprint density at radius 1 is 1.06 bits per heavy atom. The molecule has 0 bridgehead atoms. The van der Waals surface area contributed by atoms with Gasteiger partial charge in [-0.05, 0) is 67.6 Å². The highest BCUT2D eigenvalue weighted by Crippen LogP contribution is 2.25. The van der Waals surface area contributed by atoms with Gasteiger partial charge in [0, 0.05) is 48.7 Å². The summed E-state index contributed by atoms with van der Waals surface area (Å²) in [7, 11) is 0. The molecule has 1 amide bonds. The van der Waals surface area contributed by atoms with Crippen LogP contribution in [0.15, 0.2) is 77.6 Å². The quantitative estimate of drug-likeness (QED) is 0.454. The summed E-state index contributed by atoms with van der Waals surface area (Å²) in [4.78, 5) is 19.7. The molecular weight excluding hydrogens is 400 g/mol. The molecule has 1 fully saturated rings. The van der Waals surface area contributed by atoms with E-state index in [0.717, 1.165) is 41.8 Å². The molecule has 1 aliphatic heterocycles. The Morgan fingerprint density at radius 2 is 1.84 bits per heavy atom. The van der Waals surface area contributed by atoms with E-state index in [2.05, 4.69) is 10.1 Å². The number of likely N-dealkylation sites (tertiary alicyclic amines) is 1. The first kappa shape index (κ1) is 20.2. The maximum absolute atomic E-state index is 13.1. The molecule has 0 N–H and O–H groups in total. The van der Waals surface area contributed by atoms with Crippen molar-refractivity contribution in [2.24, 2.45) is 5.92 Å². The number of rotatable bonds is 5. The van der Waals surface area contributed by atoms with Gasteiger partial charge in [0.1, 0.15) is 0 Å². The fourth-order valence-electron chi connectivity index (χ4n) is 4.40. The lowest BCUT2D eigenvalue weighted by atomic mass is 9.94. The highest BCUT2D eigenvalue weighted by Gasteiger charge is 2.26. The maximum Gasteiger partial charge on any atom is 0.253 e. The molecule has 0 spiro atoms. The van der Waals surface area contributed by atoms with Gasteiger partial charge >= 0.3 is 0 Å². The monoisotopic (exact) mass is 426 g/mol. The first-order valence-electron chi connectivity index (χ1n) is 11.1. The largest absolute Gasteiger partial charge is 0.339 e. The van der Waals surface area contributed by atoms with Crippen molar-refractivity contribution in [2.75, 3.05) is 13.1 Å². The zero-order chi connectivity index (χ0) is 21.9. The molecule has 2 aromatic carbocycles. The van der Waals surface area contributed by atoms with Crippen molar-refractivity contribution >= 4 is 5.91 Å². The minimum absolute atomic E-state index is 0.0832. The Hall–Kier alpha value is -3.67. The van der Waals surface area contributed by atoms with Crippen molar-refractivity contribution in [2.45, 2.75) is 26.2 Å². The number of carbonyl (C=O) groups is 1. The lowest BCUT2D eigenvalue weighted by Gasteiger charge is -2.32. The normalized spacial score (nSPS) is 16.3. The van der Waals surface area contributed by atoms with E-state index >= 15 is 0 Å². The van der Waals surface area contributed by atoms with E-state index < -0.39 is 0 Å². The molecule has 4 aromatic rings. The van der Waals surface area contributed by atoms with Gasteiger partial charge in [0.2, 0.25) is 11.7 Å². The third-order valence-electron chi connectivity index (χ3n) is 6.14. The van der Waals surface area contributed by atoms with Gasteiger partial charge in [-0.2, -0.15) is 4.98 Å². The molecule has 6 nitrogen and oxygen atoms in total. The van der Waals surface area contributed by atoms with Gasteiger partial charge in [0.15, 0.2) is 0 Å². The first-order valence-corrected chi connectivity index (χ1v) is 11.1. The van der Waals surface area contributed by atoms with Crippen LogP contribution in [-0.2, 0) is 6.42 Å². The predicted octanol–water partition coefficient (Wildman–Crippen LogP) is 4.93. The van der Waals surface area contributed by atoms with E-state index in [0.29, 0.717) is 30.6 Å². The summed E-state index contributed by atoms with van der Waals surface area (Å²) in [6.45, 7) is 3.54. The van der Waals surface area contributed by atoms with E-state index in [1.807, 2.05) is 89.4 Å². The molecule has 1 saturated heterocycles. The van der Waals surface area contributed by atoms with Gasteiger partial charge in [0.05, 0.1) is 0 Å². The summed E-state index contributed by atoms with van der Waals surface area (Å²) in [6, 6.07) is 19.8. The number of hydrogen-bond donors (Lipinski definition) is 0. The smallest absolute Gasteiger partial charge is 0.253 e. The van der Waals surface area contributed by atoms with E-state index in [-0.39, 0.29) is 5.91 Å². The molecule has 32 heavy (non-hydrogen) atoms. The molecule has 162 valence electrons. The zero-order valence-electron chi connectivity index (χ0n) is 18.1. The van der Waals surface area contributed by atoms with Crippen molar-refractivity contribution in [1.82, 2.24) is 19.6 Å². The number of carbonyl (C=O) groups excluding carboxylic acids is 1. The summed E-state index contributed by atoms with van der Waals surface area (Å²) < 4.78 is 7.57. The van der Waals surface area contributed by atoms with Crippen molar-refractivity contribution in [3.05, 3.63) is 90.1 Å². The molecule has 1 aliphatic rings. The third kappa shape index (κ3) is 4.21. The van der Waals surface area contributed by atoms with Crippen LogP contribution in [0.25, 0.3) is 17.1 Å². The number of benzene rings is 2. The highest BCUT2D eigenvalue weighted by molar-refractivity contribution is 5.94. The molecule has 2 aromatic heterocycles. The first-order chi connectivity index (χ1) is 15.7. The Bertz CT molecular complexity index is 1190. The van der Waals surface area contributed by atoms with E-state index in [1.165, 1.54) is 0 Å². The average Bonchev–Trinajstić information content (AvgIpc) is 3.52. The van der Waals surface area contributed by atoms with Crippen LogP contribution in [0.2, 0.25) is 0 Å². The zero-order valence-corrected chi connectivity index (χ0v) is 18.1. The van der Waals surface area contributed by atoms with Crippen molar-refractivity contribution in [3.8, 4) is 17.1 Å². The molecule has 0 saturated carbocycles. The molecule has 1 atom stereocenters. The van der Waals surface area contributed by atoms with Gasteiger partial charge in [-0.15, -0.1) is 0 Å². The maximum atomic E-state index is 13.1. The summed E-state index contributed by atoms with van der Waals surface area (Å²) >= 11 is 0. The van der Waals surface area contributed by atoms with Crippen molar-refractivity contribution in [3.63, 3.8) is 0 Å². The van der Waals surface area contributed by atoms with Crippen LogP contribution in [0.4, 0.5) is 0 Å². The van der Waals surface area contributed by atoms with Gasteiger partial charge in [-0.3, -0.25) is 4.79 Å². The van der Waals surface area contributed by atoms with E-state index in [1.54, 1.807) is 0 Å². The second kappa shape index (κ2) is 8.83. The summed E-state index contributed by atoms with van der Waals surface area (Å²) in [5.41, 5.74) is 3.88. The Morgan fingerprint density at radius 3 is 2.62 bits per heavy atom. The van der Waals surface area contributed by atoms with Gasteiger partial charge in [0.25, 0.3) is 5.91 Å². The van der Waals surface area contributed by atoms with Crippen LogP contribution in [0.5, 0.6) is 0 Å². The number of amides is 1. The summed E-state index contributed by atoms with van der Waals surface area (Å²) in [6.07, 6.45) is 6.71. The second-order valence-electron chi connectivity index (χ2n) is 8.43. The standard InChI is InChI=1S/C26H26N4O2/c1-19-7-2-3-9-23(19)25-27-24(32-28-25)17-20-8-6-16-30(18-20)26(31)21-10-12-22(13-11-21)29-14-4-5-15-29/h2-5,7,9-15,20H,6,8,16-18H2,1H3. The molecule has 5 rings (SSSR count). The van der Waals surface area contributed by atoms with Gasteiger partial charge in [-0.25, -0.2) is 0 Å². The fourth-order valence-corrected chi connectivity index (χ4v) is 4.40. The van der Waals surface area contributed by atoms with Gasteiger partial charge < -0.3 is 14.0 Å². The van der Waals surface area contributed by atoms with Crippen LogP contribution in [0, 0.1) is 12.8 Å². The average molecular weight is 427 g/mol. The number of nitrogens with zero attached hydrogens (tertiary/aromatic N) is 4. The number of aromatic nitrogens is 3.